The molecule has 1 aromatic heterocycles. The van der Waals surface area contributed by atoms with Gasteiger partial charge in [-0.25, -0.2) is 9.97 Å². The molecule has 0 amide bonds. The zero-order chi connectivity index (χ0) is 10.7. The van der Waals surface area contributed by atoms with Crippen molar-refractivity contribution in [2.45, 2.75) is 13.8 Å². The highest BCUT2D eigenvalue weighted by Crippen LogP contribution is 2.17. The summed E-state index contributed by atoms with van der Waals surface area (Å²) in [6.07, 6.45) is 1.69. The van der Waals surface area contributed by atoms with Crippen LogP contribution in [0.2, 0.25) is 0 Å². The fraction of sp³-hybridized carbons (Fsp3) is 0.167. The minimum absolute atomic E-state index is 0.388. The van der Waals surface area contributed by atoms with Gasteiger partial charge in [-0.05, 0) is 32.0 Å². The van der Waals surface area contributed by atoms with Gasteiger partial charge in [0.15, 0.2) is 0 Å². The molecule has 0 bridgehead atoms. The summed E-state index contributed by atoms with van der Waals surface area (Å²) in [5.41, 5.74) is 2.10. The average molecular weight is 200 g/mol. The van der Waals surface area contributed by atoms with E-state index in [1.54, 1.807) is 6.20 Å². The quantitative estimate of drug-likeness (QED) is 0.747. The van der Waals surface area contributed by atoms with Crippen LogP contribution in [0, 0.1) is 13.8 Å². The van der Waals surface area contributed by atoms with Crippen LogP contribution >= 0.6 is 0 Å². The van der Waals surface area contributed by atoms with Crippen molar-refractivity contribution in [2.24, 2.45) is 0 Å². The molecule has 0 atom stereocenters. The van der Waals surface area contributed by atoms with Crippen LogP contribution in [0.15, 0.2) is 36.5 Å². The number of nitrogens with zero attached hydrogens (tertiary/aromatic N) is 2. The standard InChI is InChI=1S/C12H12N2O/c1-9-3-5-11(6-4-9)15-12-13-8-7-10(2)14-12/h3-8H,1-2H3. The lowest BCUT2D eigenvalue weighted by Crippen LogP contribution is -1.92. The van der Waals surface area contributed by atoms with Crippen LogP contribution in [0.5, 0.6) is 11.8 Å². The molecule has 76 valence electrons. The van der Waals surface area contributed by atoms with Crippen molar-refractivity contribution in [1.29, 1.82) is 0 Å². The number of ether oxygens (including phenoxy) is 1. The highest BCUT2D eigenvalue weighted by Gasteiger charge is 1.99. The van der Waals surface area contributed by atoms with Gasteiger partial charge < -0.3 is 4.74 Å². The first kappa shape index (κ1) is 9.65. The molecule has 0 N–H and O–H groups in total. The van der Waals surface area contributed by atoms with Crippen molar-refractivity contribution >= 4 is 0 Å². The number of benzene rings is 1. The van der Waals surface area contributed by atoms with Gasteiger partial charge in [-0.15, -0.1) is 0 Å². The van der Waals surface area contributed by atoms with Crippen molar-refractivity contribution < 1.29 is 4.74 Å². The minimum Gasteiger partial charge on any atom is -0.424 e. The Bertz CT molecular complexity index is 451. The highest BCUT2D eigenvalue weighted by atomic mass is 16.5. The van der Waals surface area contributed by atoms with Gasteiger partial charge in [0.25, 0.3) is 0 Å². The van der Waals surface area contributed by atoms with Crippen molar-refractivity contribution in [1.82, 2.24) is 9.97 Å². The molecule has 1 heterocycles. The molecule has 0 unspecified atom stereocenters. The maximum absolute atomic E-state index is 5.49. The maximum atomic E-state index is 5.49. The lowest BCUT2D eigenvalue weighted by Gasteiger charge is -2.03. The summed E-state index contributed by atoms with van der Waals surface area (Å²) >= 11 is 0. The maximum Gasteiger partial charge on any atom is 0.322 e. The average Bonchev–Trinajstić information content (AvgIpc) is 2.22. The summed E-state index contributed by atoms with van der Waals surface area (Å²) in [5.74, 6) is 0.756. The lowest BCUT2D eigenvalue weighted by atomic mass is 10.2. The molecular formula is C12H12N2O. The third kappa shape index (κ3) is 2.53. The van der Waals surface area contributed by atoms with E-state index in [1.165, 1.54) is 5.56 Å². The molecule has 3 nitrogen and oxygen atoms in total. The number of aryl methyl sites for hydroxylation is 2. The minimum atomic E-state index is 0.388. The van der Waals surface area contributed by atoms with Crippen molar-refractivity contribution in [3.63, 3.8) is 0 Å². The van der Waals surface area contributed by atoms with Gasteiger partial charge in [0.1, 0.15) is 5.75 Å². The van der Waals surface area contributed by atoms with Gasteiger partial charge in [-0.3, -0.25) is 0 Å². The van der Waals surface area contributed by atoms with Gasteiger partial charge in [0.2, 0.25) is 0 Å². The van der Waals surface area contributed by atoms with E-state index in [0.29, 0.717) is 6.01 Å². The Labute approximate surface area is 88.8 Å². The molecule has 2 aromatic rings. The molecular weight excluding hydrogens is 188 g/mol. The molecule has 0 saturated heterocycles. The second kappa shape index (κ2) is 4.09. The van der Waals surface area contributed by atoms with Crippen LogP contribution in [0.3, 0.4) is 0 Å². The Morgan fingerprint density at radius 2 is 1.73 bits per heavy atom. The molecule has 0 radical (unpaired) electrons. The second-order valence-corrected chi connectivity index (χ2v) is 3.40. The first-order chi connectivity index (χ1) is 7.24. The molecule has 3 heteroatoms. The van der Waals surface area contributed by atoms with Gasteiger partial charge >= 0.3 is 6.01 Å². The number of aromatic nitrogens is 2. The summed E-state index contributed by atoms with van der Waals surface area (Å²) in [4.78, 5) is 8.18. The third-order valence-electron chi connectivity index (χ3n) is 2.00. The molecule has 0 spiro atoms. The van der Waals surface area contributed by atoms with Crippen molar-refractivity contribution in [2.75, 3.05) is 0 Å². The Balaban J connectivity index is 2.18. The predicted molar refractivity (Wildman–Crippen MR) is 58.0 cm³/mol. The zero-order valence-corrected chi connectivity index (χ0v) is 8.77. The van der Waals surface area contributed by atoms with E-state index in [-0.39, 0.29) is 0 Å². The Morgan fingerprint density at radius 3 is 2.40 bits per heavy atom. The molecule has 1 aromatic carbocycles. The lowest BCUT2D eigenvalue weighted by molar-refractivity contribution is 0.440. The van der Waals surface area contributed by atoms with Crippen molar-refractivity contribution in [3.05, 3.63) is 47.8 Å². The van der Waals surface area contributed by atoms with E-state index in [0.717, 1.165) is 11.4 Å². The van der Waals surface area contributed by atoms with E-state index in [2.05, 4.69) is 9.97 Å². The SMILES string of the molecule is Cc1ccc(Oc2nccc(C)n2)cc1. The van der Waals surface area contributed by atoms with Crippen LogP contribution in [0.1, 0.15) is 11.3 Å². The van der Waals surface area contributed by atoms with E-state index < -0.39 is 0 Å². The van der Waals surface area contributed by atoms with E-state index in [1.807, 2.05) is 44.2 Å². The van der Waals surface area contributed by atoms with Crippen LogP contribution in [0.4, 0.5) is 0 Å². The summed E-state index contributed by atoms with van der Waals surface area (Å²) in [7, 11) is 0. The van der Waals surface area contributed by atoms with E-state index in [4.69, 9.17) is 4.74 Å². The normalized spacial score (nSPS) is 10.0. The fourth-order valence-corrected chi connectivity index (χ4v) is 1.19. The Kier molecular flexibility index (Phi) is 2.63. The van der Waals surface area contributed by atoms with Crippen molar-refractivity contribution in [3.8, 4) is 11.8 Å². The monoisotopic (exact) mass is 200 g/mol. The van der Waals surface area contributed by atoms with E-state index >= 15 is 0 Å². The van der Waals surface area contributed by atoms with Gasteiger partial charge in [0, 0.05) is 11.9 Å². The first-order valence-corrected chi connectivity index (χ1v) is 4.78. The first-order valence-electron chi connectivity index (χ1n) is 4.78. The second-order valence-electron chi connectivity index (χ2n) is 3.40. The summed E-state index contributed by atoms with van der Waals surface area (Å²) in [6, 6.07) is 10.0. The number of hydrogen-bond acceptors (Lipinski definition) is 3. The van der Waals surface area contributed by atoms with Crippen LogP contribution in [0.25, 0.3) is 0 Å². The van der Waals surface area contributed by atoms with Crippen LogP contribution in [-0.4, -0.2) is 9.97 Å². The predicted octanol–water partition coefficient (Wildman–Crippen LogP) is 2.89. The van der Waals surface area contributed by atoms with Gasteiger partial charge in [-0.1, -0.05) is 17.7 Å². The summed E-state index contributed by atoms with van der Waals surface area (Å²) in [5, 5.41) is 0. The molecule has 0 aliphatic heterocycles. The molecule has 0 fully saturated rings. The molecule has 2 rings (SSSR count). The Morgan fingerprint density at radius 1 is 1.00 bits per heavy atom. The third-order valence-corrected chi connectivity index (χ3v) is 2.00. The van der Waals surface area contributed by atoms with Crippen LogP contribution < -0.4 is 4.74 Å². The van der Waals surface area contributed by atoms with Gasteiger partial charge in [0.05, 0.1) is 0 Å². The smallest absolute Gasteiger partial charge is 0.322 e. The molecule has 0 aliphatic carbocycles. The molecule has 0 aliphatic rings. The fourth-order valence-electron chi connectivity index (χ4n) is 1.19. The Hall–Kier alpha value is -1.90. The van der Waals surface area contributed by atoms with E-state index in [9.17, 15) is 0 Å². The molecule has 0 saturated carbocycles. The molecule has 15 heavy (non-hydrogen) atoms. The van der Waals surface area contributed by atoms with Gasteiger partial charge in [-0.2, -0.15) is 0 Å². The summed E-state index contributed by atoms with van der Waals surface area (Å²) < 4.78 is 5.49. The highest BCUT2D eigenvalue weighted by molar-refractivity contribution is 5.28. The zero-order valence-electron chi connectivity index (χ0n) is 8.77. The number of hydrogen-bond donors (Lipinski definition) is 0. The summed E-state index contributed by atoms with van der Waals surface area (Å²) in [6.45, 7) is 3.94. The topological polar surface area (TPSA) is 35.0 Å². The number of rotatable bonds is 2. The largest absolute Gasteiger partial charge is 0.424 e. The van der Waals surface area contributed by atoms with Crippen LogP contribution in [-0.2, 0) is 0 Å².